The molecule has 0 radical (unpaired) electrons. The van der Waals surface area contributed by atoms with Crippen molar-refractivity contribution in [1.82, 2.24) is 15.3 Å². The Labute approximate surface area is 155 Å². The van der Waals surface area contributed by atoms with E-state index >= 15 is 0 Å². The summed E-state index contributed by atoms with van der Waals surface area (Å²) >= 11 is 12.1. The average Bonchev–Trinajstić information content (AvgIpc) is 2.63. The largest absolute Gasteiger partial charge is 0.348 e. The van der Waals surface area contributed by atoms with Crippen LogP contribution in [0.3, 0.4) is 0 Å². The molecule has 0 saturated heterocycles. The molecule has 0 aliphatic carbocycles. The van der Waals surface area contributed by atoms with E-state index in [9.17, 15) is 4.79 Å². The van der Waals surface area contributed by atoms with Crippen LogP contribution in [0.15, 0.2) is 60.9 Å². The molecule has 3 aromatic rings. The van der Waals surface area contributed by atoms with Crippen LogP contribution in [-0.2, 0) is 6.54 Å². The Morgan fingerprint density at radius 1 is 0.920 bits per heavy atom. The summed E-state index contributed by atoms with van der Waals surface area (Å²) in [6, 6.07) is 14.6. The topological polar surface area (TPSA) is 66.9 Å². The molecule has 5 nitrogen and oxygen atoms in total. The van der Waals surface area contributed by atoms with E-state index in [0.717, 1.165) is 5.56 Å². The smallest absolute Gasteiger partial charge is 0.254 e. The van der Waals surface area contributed by atoms with Crippen LogP contribution in [-0.4, -0.2) is 15.9 Å². The molecule has 0 saturated carbocycles. The van der Waals surface area contributed by atoms with Crippen molar-refractivity contribution in [2.45, 2.75) is 6.54 Å². The van der Waals surface area contributed by atoms with Gasteiger partial charge in [0, 0.05) is 24.0 Å². The minimum atomic E-state index is -0.274. The Hall–Kier alpha value is -2.63. The zero-order chi connectivity index (χ0) is 17.6. The first-order chi connectivity index (χ1) is 12.1. The molecule has 2 N–H and O–H groups in total. The monoisotopic (exact) mass is 372 g/mol. The van der Waals surface area contributed by atoms with Crippen molar-refractivity contribution in [3.8, 4) is 0 Å². The van der Waals surface area contributed by atoms with Crippen LogP contribution >= 0.6 is 23.2 Å². The molecule has 126 valence electrons. The van der Waals surface area contributed by atoms with E-state index < -0.39 is 0 Å². The van der Waals surface area contributed by atoms with E-state index in [4.69, 9.17) is 23.2 Å². The third kappa shape index (κ3) is 4.47. The predicted octanol–water partition coefficient (Wildman–Crippen LogP) is 4.46. The van der Waals surface area contributed by atoms with E-state index in [-0.39, 0.29) is 5.91 Å². The highest BCUT2D eigenvalue weighted by molar-refractivity contribution is 6.33. The molecule has 25 heavy (non-hydrogen) atoms. The summed E-state index contributed by atoms with van der Waals surface area (Å²) < 4.78 is 0. The summed E-state index contributed by atoms with van der Waals surface area (Å²) in [6.45, 7) is 0.331. The molecular weight excluding hydrogens is 359 g/mol. The van der Waals surface area contributed by atoms with Crippen LogP contribution in [0, 0.1) is 0 Å². The van der Waals surface area contributed by atoms with Crippen molar-refractivity contribution < 1.29 is 4.79 Å². The van der Waals surface area contributed by atoms with Gasteiger partial charge in [-0.05, 0) is 23.8 Å². The first-order valence-corrected chi connectivity index (χ1v) is 8.24. The van der Waals surface area contributed by atoms with Gasteiger partial charge in [0.25, 0.3) is 5.91 Å². The van der Waals surface area contributed by atoms with E-state index in [1.54, 1.807) is 12.1 Å². The fourth-order valence-corrected chi connectivity index (χ4v) is 2.50. The molecule has 0 aliphatic rings. The van der Waals surface area contributed by atoms with Crippen LogP contribution in [0.25, 0.3) is 0 Å². The first kappa shape index (κ1) is 17.2. The van der Waals surface area contributed by atoms with E-state index in [1.807, 2.05) is 36.4 Å². The standard InChI is InChI=1S/C18H14Cl2N4O/c19-14-6-2-1-5-12(14)9-21-17(25)13-10-22-18(23-11-13)24-16-8-4-3-7-15(16)20/h1-8,10-11H,9H2,(H,21,25)(H,22,23,24). The van der Waals surface area contributed by atoms with E-state index in [2.05, 4.69) is 20.6 Å². The molecule has 0 unspecified atom stereocenters. The van der Waals surface area contributed by atoms with Crippen molar-refractivity contribution in [1.29, 1.82) is 0 Å². The lowest BCUT2D eigenvalue weighted by Crippen LogP contribution is -2.23. The molecule has 1 heterocycles. The van der Waals surface area contributed by atoms with Gasteiger partial charge in [-0.25, -0.2) is 9.97 Å². The number of nitrogens with zero attached hydrogens (tertiary/aromatic N) is 2. The van der Waals surface area contributed by atoms with Crippen molar-refractivity contribution in [2.75, 3.05) is 5.32 Å². The number of carbonyl (C=O) groups is 1. The van der Waals surface area contributed by atoms with Gasteiger partial charge in [-0.15, -0.1) is 0 Å². The van der Waals surface area contributed by atoms with Crippen LogP contribution in [0.2, 0.25) is 10.0 Å². The Morgan fingerprint density at radius 2 is 1.56 bits per heavy atom. The number of benzene rings is 2. The van der Waals surface area contributed by atoms with Gasteiger partial charge >= 0.3 is 0 Å². The highest BCUT2D eigenvalue weighted by atomic mass is 35.5. The van der Waals surface area contributed by atoms with Crippen molar-refractivity contribution in [3.05, 3.63) is 82.1 Å². The Bertz CT molecular complexity index is 884. The number of halogens is 2. The second-order valence-corrected chi connectivity index (χ2v) is 5.99. The zero-order valence-corrected chi connectivity index (χ0v) is 14.6. The van der Waals surface area contributed by atoms with Gasteiger partial charge in [-0.3, -0.25) is 4.79 Å². The number of carbonyl (C=O) groups excluding carboxylic acids is 1. The molecule has 2 aromatic carbocycles. The van der Waals surface area contributed by atoms with Gasteiger partial charge in [0.1, 0.15) is 0 Å². The molecule has 3 rings (SSSR count). The van der Waals surface area contributed by atoms with Crippen molar-refractivity contribution in [3.63, 3.8) is 0 Å². The van der Waals surface area contributed by atoms with Gasteiger partial charge in [0.05, 0.1) is 16.3 Å². The maximum Gasteiger partial charge on any atom is 0.254 e. The third-order valence-electron chi connectivity index (χ3n) is 3.43. The molecule has 0 atom stereocenters. The van der Waals surface area contributed by atoms with E-state index in [0.29, 0.717) is 33.8 Å². The summed E-state index contributed by atoms with van der Waals surface area (Å²) in [6.07, 6.45) is 2.90. The quantitative estimate of drug-likeness (QED) is 0.693. The predicted molar refractivity (Wildman–Crippen MR) is 99.4 cm³/mol. The average molecular weight is 373 g/mol. The first-order valence-electron chi connectivity index (χ1n) is 7.48. The van der Waals surface area contributed by atoms with Gasteiger partial charge in [0.2, 0.25) is 5.95 Å². The number of hydrogen-bond donors (Lipinski definition) is 2. The Balaban J connectivity index is 1.63. The lowest BCUT2D eigenvalue weighted by Gasteiger charge is -2.08. The number of para-hydroxylation sites is 1. The van der Waals surface area contributed by atoms with Crippen LogP contribution in [0.4, 0.5) is 11.6 Å². The van der Waals surface area contributed by atoms with Gasteiger partial charge in [-0.2, -0.15) is 0 Å². The van der Waals surface area contributed by atoms with E-state index in [1.165, 1.54) is 12.4 Å². The number of anilines is 2. The number of nitrogens with one attached hydrogen (secondary N) is 2. The van der Waals surface area contributed by atoms with Crippen LogP contribution < -0.4 is 10.6 Å². The van der Waals surface area contributed by atoms with Crippen LogP contribution in [0.5, 0.6) is 0 Å². The molecule has 1 aromatic heterocycles. The highest BCUT2D eigenvalue weighted by Crippen LogP contribution is 2.22. The summed E-state index contributed by atoms with van der Waals surface area (Å²) in [5.41, 5.74) is 1.90. The van der Waals surface area contributed by atoms with Gasteiger partial charge in [0.15, 0.2) is 0 Å². The minimum absolute atomic E-state index is 0.274. The molecule has 0 spiro atoms. The SMILES string of the molecule is O=C(NCc1ccccc1Cl)c1cnc(Nc2ccccc2Cl)nc1. The molecular formula is C18H14Cl2N4O. The van der Waals surface area contributed by atoms with Crippen LogP contribution in [0.1, 0.15) is 15.9 Å². The fourth-order valence-electron chi connectivity index (χ4n) is 2.11. The van der Waals surface area contributed by atoms with Gasteiger partial charge < -0.3 is 10.6 Å². The molecule has 0 bridgehead atoms. The Morgan fingerprint density at radius 3 is 2.24 bits per heavy atom. The lowest BCUT2D eigenvalue weighted by molar-refractivity contribution is 0.0950. The zero-order valence-electron chi connectivity index (χ0n) is 13.0. The number of hydrogen-bond acceptors (Lipinski definition) is 4. The number of rotatable bonds is 5. The fraction of sp³-hybridized carbons (Fsp3) is 0.0556. The second-order valence-electron chi connectivity index (χ2n) is 5.17. The summed E-state index contributed by atoms with van der Waals surface area (Å²) in [5, 5.41) is 6.96. The maximum absolute atomic E-state index is 12.2. The molecule has 1 amide bonds. The minimum Gasteiger partial charge on any atom is -0.348 e. The second kappa shape index (κ2) is 7.96. The Kier molecular flexibility index (Phi) is 5.48. The third-order valence-corrected chi connectivity index (χ3v) is 4.13. The van der Waals surface area contributed by atoms with Gasteiger partial charge in [-0.1, -0.05) is 53.5 Å². The summed E-state index contributed by atoms with van der Waals surface area (Å²) in [4.78, 5) is 20.5. The molecule has 0 aliphatic heterocycles. The summed E-state index contributed by atoms with van der Waals surface area (Å²) in [7, 11) is 0. The molecule has 0 fully saturated rings. The number of amides is 1. The lowest BCUT2D eigenvalue weighted by atomic mass is 10.2. The summed E-state index contributed by atoms with van der Waals surface area (Å²) in [5.74, 6) is 0.0833. The normalized spacial score (nSPS) is 10.3. The highest BCUT2D eigenvalue weighted by Gasteiger charge is 2.09. The van der Waals surface area contributed by atoms with Crippen molar-refractivity contribution >= 4 is 40.7 Å². The molecule has 7 heteroatoms. The number of aromatic nitrogens is 2. The maximum atomic E-state index is 12.2. The van der Waals surface area contributed by atoms with Crippen molar-refractivity contribution in [2.24, 2.45) is 0 Å².